The van der Waals surface area contributed by atoms with Gasteiger partial charge in [0.2, 0.25) is 0 Å². The zero-order chi connectivity index (χ0) is 28.0. The molecule has 0 aliphatic carbocycles. The second-order valence-corrected chi connectivity index (χ2v) is 9.73. The predicted octanol–water partition coefficient (Wildman–Crippen LogP) is 6.69. The minimum atomic E-state index is -0.967. The topological polar surface area (TPSA) is 75.8 Å². The van der Waals surface area contributed by atoms with Gasteiger partial charge in [-0.2, -0.15) is 0 Å². The summed E-state index contributed by atoms with van der Waals surface area (Å²) in [5.41, 5.74) is 10.7. The van der Waals surface area contributed by atoms with Gasteiger partial charge in [-0.15, -0.1) is 0 Å². The van der Waals surface area contributed by atoms with E-state index in [-0.39, 0.29) is 6.61 Å². The van der Waals surface area contributed by atoms with Crippen molar-refractivity contribution in [1.82, 2.24) is 4.90 Å². The van der Waals surface area contributed by atoms with E-state index in [2.05, 4.69) is 0 Å². The van der Waals surface area contributed by atoms with Gasteiger partial charge >= 0.3 is 5.97 Å². The number of ether oxygens (including phenoxy) is 1. The Bertz CT molecular complexity index is 1440. The lowest BCUT2D eigenvalue weighted by atomic mass is 9.75. The Morgan fingerprint density at radius 3 is 1.68 bits per heavy atom. The van der Waals surface area contributed by atoms with Crippen molar-refractivity contribution in [3.8, 4) is 16.9 Å². The van der Waals surface area contributed by atoms with Crippen LogP contribution in [0.5, 0.6) is 5.75 Å². The monoisotopic (exact) mass is 528 g/mol. The van der Waals surface area contributed by atoms with Crippen molar-refractivity contribution in [2.75, 3.05) is 19.4 Å². The van der Waals surface area contributed by atoms with Crippen molar-refractivity contribution < 1.29 is 14.6 Å². The number of nitrogens with two attached hydrogens (primary N) is 1. The number of carbonyl (C=O) groups is 1. The van der Waals surface area contributed by atoms with Crippen molar-refractivity contribution in [2.24, 2.45) is 0 Å². The summed E-state index contributed by atoms with van der Waals surface area (Å²) >= 11 is 0. The second-order valence-electron chi connectivity index (χ2n) is 9.73. The largest absolute Gasteiger partial charge is 0.491 e. The average Bonchev–Trinajstić information content (AvgIpc) is 2.99. The van der Waals surface area contributed by atoms with E-state index in [0.29, 0.717) is 11.4 Å². The predicted molar refractivity (Wildman–Crippen MR) is 160 cm³/mol. The summed E-state index contributed by atoms with van der Waals surface area (Å²) in [5.74, 6) is -0.372. The van der Waals surface area contributed by atoms with E-state index >= 15 is 0 Å². The highest BCUT2D eigenvalue weighted by atomic mass is 16.5. The van der Waals surface area contributed by atoms with Gasteiger partial charge in [-0.3, -0.25) is 9.69 Å². The number of likely N-dealkylation sites (N-methyl/N-ethyl adjacent to an activating group) is 1. The van der Waals surface area contributed by atoms with E-state index in [9.17, 15) is 9.90 Å². The fourth-order valence-electron chi connectivity index (χ4n) is 5.37. The van der Waals surface area contributed by atoms with E-state index in [0.717, 1.165) is 27.8 Å². The van der Waals surface area contributed by atoms with Gasteiger partial charge in [-0.05, 0) is 59.1 Å². The van der Waals surface area contributed by atoms with Crippen LogP contribution in [0.4, 0.5) is 5.69 Å². The zero-order valence-corrected chi connectivity index (χ0v) is 22.4. The first-order valence-corrected chi connectivity index (χ1v) is 13.2. The van der Waals surface area contributed by atoms with Gasteiger partial charge in [0, 0.05) is 5.69 Å². The van der Waals surface area contributed by atoms with Gasteiger partial charge in [-0.25, -0.2) is 0 Å². The first-order chi connectivity index (χ1) is 19.5. The highest BCUT2D eigenvalue weighted by molar-refractivity contribution is 5.74. The van der Waals surface area contributed by atoms with E-state index < -0.39 is 17.6 Å². The number of benzene rings is 5. The van der Waals surface area contributed by atoms with Crippen LogP contribution in [0, 0.1) is 0 Å². The molecule has 5 nitrogen and oxygen atoms in total. The average molecular weight is 529 g/mol. The van der Waals surface area contributed by atoms with E-state index in [1.807, 2.05) is 151 Å². The molecule has 0 radical (unpaired) electrons. The molecule has 5 heteroatoms. The van der Waals surface area contributed by atoms with Crippen LogP contribution < -0.4 is 10.5 Å². The summed E-state index contributed by atoms with van der Waals surface area (Å²) in [4.78, 5) is 14.8. The van der Waals surface area contributed by atoms with Crippen molar-refractivity contribution >= 4 is 11.7 Å². The van der Waals surface area contributed by atoms with Gasteiger partial charge in [0.05, 0.1) is 5.54 Å². The lowest BCUT2D eigenvalue weighted by Crippen LogP contribution is -2.55. The molecule has 0 aliphatic rings. The number of carboxylic acid groups (broad SMARTS) is 1. The van der Waals surface area contributed by atoms with Crippen LogP contribution in [0.25, 0.3) is 11.1 Å². The molecule has 0 spiro atoms. The molecule has 5 aromatic carbocycles. The molecule has 0 aromatic heterocycles. The maximum Gasteiger partial charge on any atom is 0.324 e. The van der Waals surface area contributed by atoms with Gasteiger partial charge in [0.25, 0.3) is 0 Å². The molecule has 0 heterocycles. The highest BCUT2D eigenvalue weighted by Crippen LogP contribution is 2.42. The first-order valence-electron chi connectivity index (χ1n) is 13.2. The van der Waals surface area contributed by atoms with Crippen LogP contribution in [0.2, 0.25) is 0 Å². The van der Waals surface area contributed by atoms with E-state index in [1.54, 1.807) is 0 Å². The molecule has 0 bridgehead atoms. The Morgan fingerprint density at radius 1 is 0.725 bits per heavy atom. The quantitative estimate of drug-likeness (QED) is 0.156. The Morgan fingerprint density at radius 2 is 1.23 bits per heavy atom. The Kier molecular flexibility index (Phi) is 7.94. The number of nitrogen functional groups attached to an aromatic ring is 1. The van der Waals surface area contributed by atoms with E-state index in [1.165, 1.54) is 0 Å². The van der Waals surface area contributed by atoms with Crippen LogP contribution >= 0.6 is 0 Å². The summed E-state index contributed by atoms with van der Waals surface area (Å²) < 4.78 is 6.12. The molecule has 0 fully saturated rings. The lowest BCUT2D eigenvalue weighted by molar-refractivity contribution is -0.145. The Labute approximate surface area is 235 Å². The SMILES string of the molecule is CN(C(COc1ccc(-c2cccc(N)c2)cc1)C(=O)O)C(c1ccccc1)(c1ccccc1)c1ccccc1. The molecule has 200 valence electrons. The molecule has 5 rings (SSSR count). The van der Waals surface area contributed by atoms with Gasteiger partial charge in [0.1, 0.15) is 18.4 Å². The maximum absolute atomic E-state index is 12.8. The molecule has 3 N–H and O–H groups in total. The summed E-state index contributed by atoms with van der Waals surface area (Å²) in [5, 5.41) is 10.5. The number of hydrogen-bond acceptors (Lipinski definition) is 4. The summed E-state index contributed by atoms with van der Waals surface area (Å²) in [6.45, 7) is -0.0439. The van der Waals surface area contributed by atoms with Crippen molar-refractivity contribution in [1.29, 1.82) is 0 Å². The minimum absolute atomic E-state index is 0.0439. The lowest BCUT2D eigenvalue weighted by Gasteiger charge is -2.46. The number of carboxylic acids is 1. The molecule has 0 saturated heterocycles. The standard InChI is InChI=1S/C35H32N2O3/c1-37(33(34(38)39)25-40-32-22-20-26(21-23-32)27-12-11-19-31(36)24-27)35(28-13-5-2-6-14-28,29-15-7-3-8-16-29)30-17-9-4-10-18-30/h2-24,33H,25,36H2,1H3,(H,38,39). The molecular formula is C35H32N2O3. The molecule has 0 amide bonds. The fourth-order valence-corrected chi connectivity index (χ4v) is 5.37. The molecule has 0 aliphatic heterocycles. The normalized spacial score (nSPS) is 12.2. The molecule has 40 heavy (non-hydrogen) atoms. The van der Waals surface area contributed by atoms with Gasteiger partial charge in [-0.1, -0.05) is 115 Å². The number of hydrogen-bond donors (Lipinski definition) is 2. The molecular weight excluding hydrogens is 496 g/mol. The molecule has 5 aromatic rings. The fraction of sp³-hybridized carbons (Fsp3) is 0.114. The van der Waals surface area contributed by atoms with Gasteiger partial charge < -0.3 is 15.6 Å². The molecule has 1 atom stereocenters. The highest BCUT2D eigenvalue weighted by Gasteiger charge is 2.45. The van der Waals surface area contributed by atoms with Crippen LogP contribution in [-0.4, -0.2) is 35.7 Å². The van der Waals surface area contributed by atoms with Crippen molar-refractivity contribution in [3.05, 3.63) is 156 Å². The Balaban J connectivity index is 1.51. The number of nitrogens with zero attached hydrogens (tertiary/aromatic N) is 1. The second kappa shape index (κ2) is 11.9. The minimum Gasteiger partial charge on any atom is -0.491 e. The summed E-state index contributed by atoms with van der Waals surface area (Å²) in [6.07, 6.45) is 0. The zero-order valence-electron chi connectivity index (χ0n) is 22.4. The summed E-state index contributed by atoms with van der Waals surface area (Å²) in [6, 6.07) is 44.4. The maximum atomic E-state index is 12.8. The third-order valence-corrected chi connectivity index (χ3v) is 7.34. The number of anilines is 1. The molecule has 0 saturated carbocycles. The third-order valence-electron chi connectivity index (χ3n) is 7.34. The van der Waals surface area contributed by atoms with Crippen LogP contribution in [0.15, 0.2) is 140 Å². The third kappa shape index (κ3) is 5.33. The number of rotatable bonds is 10. The van der Waals surface area contributed by atoms with Gasteiger partial charge in [0.15, 0.2) is 0 Å². The van der Waals surface area contributed by atoms with Crippen LogP contribution in [0.1, 0.15) is 16.7 Å². The van der Waals surface area contributed by atoms with Crippen molar-refractivity contribution in [2.45, 2.75) is 11.6 Å². The smallest absolute Gasteiger partial charge is 0.324 e. The number of aliphatic carboxylic acids is 1. The summed E-state index contributed by atoms with van der Waals surface area (Å²) in [7, 11) is 1.86. The first kappa shape index (κ1) is 26.7. The van der Waals surface area contributed by atoms with Crippen LogP contribution in [0.3, 0.4) is 0 Å². The van der Waals surface area contributed by atoms with E-state index in [4.69, 9.17) is 10.5 Å². The van der Waals surface area contributed by atoms with Crippen LogP contribution in [-0.2, 0) is 10.3 Å². The Hall–Kier alpha value is -4.87. The van der Waals surface area contributed by atoms with Crippen molar-refractivity contribution in [3.63, 3.8) is 0 Å². The molecule has 1 unspecified atom stereocenters.